The summed E-state index contributed by atoms with van der Waals surface area (Å²) in [5, 5.41) is 0.286. The molecule has 5 nitrogen and oxygen atoms in total. The third kappa shape index (κ3) is 4.50. The van der Waals surface area contributed by atoms with Crippen LogP contribution in [0.3, 0.4) is 0 Å². The topological polar surface area (TPSA) is 45.6 Å². The Hall–Kier alpha value is -3.77. The third-order valence-corrected chi connectivity index (χ3v) is 6.51. The van der Waals surface area contributed by atoms with Crippen LogP contribution < -0.4 is 5.43 Å². The summed E-state index contributed by atoms with van der Waals surface area (Å²) in [7, 11) is 0. The molecule has 6 heteroatoms. The van der Waals surface area contributed by atoms with Crippen molar-refractivity contribution in [1.82, 2.24) is 14.4 Å². The maximum absolute atomic E-state index is 13.6. The molecule has 0 saturated carbocycles. The molecule has 1 aromatic heterocycles. The minimum absolute atomic E-state index is 0.00936. The smallest absolute Gasteiger partial charge is 0.242 e. The van der Waals surface area contributed by atoms with Crippen LogP contribution in [0.1, 0.15) is 17.2 Å². The number of fused-ring (bicyclic) bond motifs is 1. The first-order valence-electron chi connectivity index (χ1n) is 11.5. The molecule has 4 aromatic rings. The van der Waals surface area contributed by atoms with Gasteiger partial charge in [-0.25, -0.2) is 4.39 Å². The maximum Gasteiger partial charge on any atom is 0.242 e. The molecule has 34 heavy (non-hydrogen) atoms. The summed E-state index contributed by atoms with van der Waals surface area (Å²) in [4.78, 5) is 29.5. The number of amides is 1. The molecule has 0 spiro atoms. The van der Waals surface area contributed by atoms with Gasteiger partial charge in [0.05, 0.1) is 11.6 Å². The molecule has 1 fully saturated rings. The number of rotatable bonds is 5. The molecule has 1 amide bonds. The lowest BCUT2D eigenvalue weighted by molar-refractivity contribution is -0.133. The fraction of sp³-hybridized carbons (Fsp3) is 0.214. The monoisotopic (exact) mass is 455 g/mol. The van der Waals surface area contributed by atoms with E-state index in [0.29, 0.717) is 18.6 Å². The number of carbonyl (C=O) groups is 1. The molecule has 0 bridgehead atoms. The molecule has 0 radical (unpaired) electrons. The van der Waals surface area contributed by atoms with Gasteiger partial charge in [0.2, 0.25) is 5.91 Å². The zero-order valence-corrected chi connectivity index (χ0v) is 18.8. The van der Waals surface area contributed by atoms with Crippen LogP contribution >= 0.6 is 0 Å². The largest absolute Gasteiger partial charge is 0.339 e. The Morgan fingerprint density at radius 2 is 1.44 bits per heavy atom. The van der Waals surface area contributed by atoms with Gasteiger partial charge in [-0.15, -0.1) is 0 Å². The minimum Gasteiger partial charge on any atom is -0.339 e. The molecular weight excluding hydrogens is 429 g/mol. The van der Waals surface area contributed by atoms with Crippen LogP contribution in [0, 0.1) is 5.82 Å². The van der Waals surface area contributed by atoms with Crippen LogP contribution in [0.2, 0.25) is 0 Å². The number of halogens is 1. The molecule has 1 saturated heterocycles. The number of hydrogen-bond donors (Lipinski definition) is 0. The van der Waals surface area contributed by atoms with Crippen molar-refractivity contribution in [2.24, 2.45) is 0 Å². The third-order valence-electron chi connectivity index (χ3n) is 6.51. The van der Waals surface area contributed by atoms with Gasteiger partial charge < -0.3 is 9.47 Å². The lowest BCUT2D eigenvalue weighted by Gasteiger charge is -2.40. The lowest BCUT2D eigenvalue weighted by atomic mass is 9.96. The summed E-state index contributed by atoms with van der Waals surface area (Å²) < 4.78 is 15.3. The van der Waals surface area contributed by atoms with Crippen LogP contribution in [0.15, 0.2) is 95.9 Å². The fourth-order valence-corrected chi connectivity index (χ4v) is 4.78. The Balaban J connectivity index is 1.31. The maximum atomic E-state index is 13.6. The molecular formula is C28H26FN3O2. The van der Waals surface area contributed by atoms with Crippen molar-refractivity contribution in [3.63, 3.8) is 0 Å². The highest BCUT2D eigenvalue weighted by Crippen LogP contribution is 2.29. The lowest BCUT2D eigenvalue weighted by Crippen LogP contribution is -2.50. The summed E-state index contributed by atoms with van der Waals surface area (Å²) in [6.07, 6.45) is 1.61. The van der Waals surface area contributed by atoms with Crippen molar-refractivity contribution in [3.8, 4) is 0 Å². The van der Waals surface area contributed by atoms with Gasteiger partial charge in [-0.2, -0.15) is 0 Å². The van der Waals surface area contributed by atoms with E-state index in [2.05, 4.69) is 53.4 Å². The fourth-order valence-electron chi connectivity index (χ4n) is 4.78. The van der Waals surface area contributed by atoms with E-state index in [4.69, 9.17) is 0 Å². The van der Waals surface area contributed by atoms with Gasteiger partial charge in [0.15, 0.2) is 5.43 Å². The highest BCUT2D eigenvalue weighted by Gasteiger charge is 2.28. The summed E-state index contributed by atoms with van der Waals surface area (Å²) in [6.45, 7) is 2.89. The van der Waals surface area contributed by atoms with Crippen LogP contribution in [0.25, 0.3) is 10.9 Å². The molecule has 0 unspecified atom stereocenters. The average Bonchev–Trinajstić information content (AvgIpc) is 2.88. The quantitative estimate of drug-likeness (QED) is 0.456. The van der Waals surface area contributed by atoms with E-state index in [1.54, 1.807) is 16.8 Å². The SMILES string of the molecule is O=C(Cn1ccc(=O)c2cc(F)ccc21)N1CCN(C(c2ccccc2)c2ccccc2)CC1. The van der Waals surface area contributed by atoms with Crippen molar-refractivity contribution < 1.29 is 9.18 Å². The van der Waals surface area contributed by atoms with E-state index >= 15 is 0 Å². The van der Waals surface area contributed by atoms with Gasteiger partial charge in [0.1, 0.15) is 12.4 Å². The number of piperazine rings is 1. The van der Waals surface area contributed by atoms with E-state index in [9.17, 15) is 14.0 Å². The minimum atomic E-state index is -0.462. The number of aromatic nitrogens is 1. The zero-order chi connectivity index (χ0) is 23.5. The van der Waals surface area contributed by atoms with Crippen LogP contribution in [-0.4, -0.2) is 46.5 Å². The Morgan fingerprint density at radius 1 is 0.824 bits per heavy atom. The van der Waals surface area contributed by atoms with Crippen molar-refractivity contribution in [3.05, 3.63) is 118 Å². The van der Waals surface area contributed by atoms with Crippen molar-refractivity contribution in [2.75, 3.05) is 26.2 Å². The Morgan fingerprint density at radius 3 is 2.06 bits per heavy atom. The van der Waals surface area contributed by atoms with Crippen LogP contribution in [0.4, 0.5) is 4.39 Å². The van der Waals surface area contributed by atoms with Crippen LogP contribution in [-0.2, 0) is 11.3 Å². The molecule has 0 N–H and O–H groups in total. The van der Waals surface area contributed by atoms with E-state index in [0.717, 1.165) is 13.1 Å². The van der Waals surface area contributed by atoms with Crippen molar-refractivity contribution in [1.29, 1.82) is 0 Å². The number of benzene rings is 3. The molecule has 3 aromatic carbocycles. The average molecular weight is 456 g/mol. The standard InChI is InChI=1S/C28H26FN3O2/c29-23-11-12-25-24(19-23)26(33)13-14-32(25)20-27(34)30-15-17-31(18-16-30)28(21-7-3-1-4-8-21)22-9-5-2-6-10-22/h1-14,19,28H,15-18,20H2. The summed E-state index contributed by atoms with van der Waals surface area (Å²) in [5.41, 5.74) is 2.79. The first-order valence-corrected chi connectivity index (χ1v) is 11.5. The molecule has 1 aliphatic rings. The van der Waals surface area contributed by atoms with E-state index in [1.807, 2.05) is 17.0 Å². The van der Waals surface area contributed by atoms with Gasteiger partial charge in [-0.1, -0.05) is 60.7 Å². The molecule has 1 aliphatic heterocycles. The number of pyridine rings is 1. The molecule has 5 rings (SSSR count). The summed E-state index contributed by atoms with van der Waals surface area (Å²) >= 11 is 0. The van der Waals surface area contributed by atoms with Gasteiger partial charge in [0, 0.05) is 43.8 Å². The van der Waals surface area contributed by atoms with E-state index in [1.165, 1.54) is 29.3 Å². The predicted octanol–water partition coefficient (Wildman–Crippen LogP) is 4.07. The second kappa shape index (κ2) is 9.61. The van der Waals surface area contributed by atoms with Crippen LogP contribution in [0.5, 0.6) is 0 Å². The Bertz CT molecular complexity index is 1310. The number of nitrogens with zero attached hydrogens (tertiary/aromatic N) is 3. The highest BCUT2D eigenvalue weighted by molar-refractivity contribution is 5.82. The summed E-state index contributed by atoms with van der Waals surface area (Å²) in [6, 6.07) is 26.5. The van der Waals surface area contributed by atoms with Gasteiger partial charge in [-0.3, -0.25) is 14.5 Å². The van der Waals surface area contributed by atoms with Gasteiger partial charge >= 0.3 is 0 Å². The summed E-state index contributed by atoms with van der Waals surface area (Å²) in [5.74, 6) is -0.471. The van der Waals surface area contributed by atoms with Gasteiger partial charge in [-0.05, 0) is 29.3 Å². The van der Waals surface area contributed by atoms with Crippen molar-refractivity contribution in [2.45, 2.75) is 12.6 Å². The van der Waals surface area contributed by atoms with E-state index < -0.39 is 5.82 Å². The first kappa shape index (κ1) is 22.0. The normalized spacial score (nSPS) is 14.6. The number of carbonyl (C=O) groups excluding carboxylic acids is 1. The van der Waals surface area contributed by atoms with Gasteiger partial charge in [0.25, 0.3) is 0 Å². The first-order chi connectivity index (χ1) is 16.6. The highest BCUT2D eigenvalue weighted by atomic mass is 19.1. The number of hydrogen-bond acceptors (Lipinski definition) is 3. The predicted molar refractivity (Wildman–Crippen MR) is 131 cm³/mol. The Labute approximate surface area is 197 Å². The molecule has 0 atom stereocenters. The zero-order valence-electron chi connectivity index (χ0n) is 18.8. The molecule has 0 aliphatic carbocycles. The Kier molecular flexibility index (Phi) is 6.23. The second-order valence-electron chi connectivity index (χ2n) is 8.61. The van der Waals surface area contributed by atoms with E-state index in [-0.39, 0.29) is 29.3 Å². The second-order valence-corrected chi connectivity index (χ2v) is 8.61. The van der Waals surface area contributed by atoms with Crippen molar-refractivity contribution >= 4 is 16.8 Å². The molecule has 2 heterocycles. The molecule has 172 valence electrons.